The molecule has 0 radical (unpaired) electrons. The maximum atomic E-state index is 12.6. The van der Waals surface area contributed by atoms with Gasteiger partial charge in [-0.15, -0.1) is 0 Å². The standard InChI is InChI=1S/C19H19N3O3/c1-11-8-18(22-14(4)21-11)17(10-20)19(24)13(3)25-16-7-5-6-15(9-16)12(2)23/h5-9,13,17H,1-4H3/t13-,17+/m1/s1. The molecule has 2 atom stereocenters. The highest BCUT2D eigenvalue weighted by molar-refractivity contribution is 5.94. The summed E-state index contributed by atoms with van der Waals surface area (Å²) >= 11 is 0. The lowest BCUT2D eigenvalue weighted by molar-refractivity contribution is -0.125. The Bertz CT molecular complexity index is 835. The number of ketones is 2. The molecular weight excluding hydrogens is 318 g/mol. The fourth-order valence-corrected chi connectivity index (χ4v) is 2.45. The smallest absolute Gasteiger partial charge is 0.196 e. The van der Waals surface area contributed by atoms with E-state index in [1.165, 1.54) is 6.92 Å². The van der Waals surface area contributed by atoms with Crippen LogP contribution in [0.1, 0.15) is 47.3 Å². The van der Waals surface area contributed by atoms with E-state index >= 15 is 0 Å². The van der Waals surface area contributed by atoms with Crippen molar-refractivity contribution in [3.8, 4) is 11.8 Å². The summed E-state index contributed by atoms with van der Waals surface area (Å²) in [5, 5.41) is 9.43. The first-order valence-electron chi connectivity index (χ1n) is 7.85. The molecule has 6 nitrogen and oxygen atoms in total. The monoisotopic (exact) mass is 337 g/mol. The molecule has 0 fully saturated rings. The van der Waals surface area contributed by atoms with Gasteiger partial charge in [0.05, 0.1) is 11.8 Å². The van der Waals surface area contributed by atoms with E-state index < -0.39 is 17.8 Å². The van der Waals surface area contributed by atoms with Crippen LogP contribution in [0, 0.1) is 25.2 Å². The van der Waals surface area contributed by atoms with Crippen molar-refractivity contribution >= 4 is 11.6 Å². The van der Waals surface area contributed by atoms with Crippen LogP contribution in [0.3, 0.4) is 0 Å². The summed E-state index contributed by atoms with van der Waals surface area (Å²) in [5.41, 5.74) is 1.56. The van der Waals surface area contributed by atoms with Crippen molar-refractivity contribution in [2.45, 2.75) is 39.7 Å². The maximum absolute atomic E-state index is 12.6. The van der Waals surface area contributed by atoms with Crippen LogP contribution < -0.4 is 4.74 Å². The van der Waals surface area contributed by atoms with Crippen LogP contribution in [0.4, 0.5) is 0 Å². The normalized spacial score (nSPS) is 12.8. The van der Waals surface area contributed by atoms with Gasteiger partial charge in [0.15, 0.2) is 23.6 Å². The molecule has 0 aliphatic carbocycles. The molecule has 0 bridgehead atoms. The Kier molecular flexibility index (Phi) is 5.60. The third-order valence-electron chi connectivity index (χ3n) is 3.65. The summed E-state index contributed by atoms with van der Waals surface area (Å²) in [6, 6.07) is 10.2. The van der Waals surface area contributed by atoms with Crippen LogP contribution in [-0.4, -0.2) is 27.6 Å². The SMILES string of the molecule is CC(=O)c1cccc(O[C@H](C)C(=O)[C@@H](C#N)c2cc(C)nc(C)n2)c1. The molecule has 0 aliphatic rings. The fourth-order valence-electron chi connectivity index (χ4n) is 2.45. The summed E-state index contributed by atoms with van der Waals surface area (Å²) in [6.07, 6.45) is -0.859. The van der Waals surface area contributed by atoms with E-state index in [1.807, 2.05) is 6.07 Å². The van der Waals surface area contributed by atoms with Crippen LogP contribution in [0.25, 0.3) is 0 Å². The number of aryl methyl sites for hydroxylation is 2. The zero-order chi connectivity index (χ0) is 18.6. The van der Waals surface area contributed by atoms with Crippen LogP contribution in [0.15, 0.2) is 30.3 Å². The van der Waals surface area contributed by atoms with Gasteiger partial charge in [0.25, 0.3) is 0 Å². The topological polar surface area (TPSA) is 92.9 Å². The molecule has 25 heavy (non-hydrogen) atoms. The highest BCUT2D eigenvalue weighted by Crippen LogP contribution is 2.21. The predicted octanol–water partition coefficient (Wildman–Crippen LogP) is 2.94. The van der Waals surface area contributed by atoms with Crippen molar-refractivity contribution in [3.05, 3.63) is 53.1 Å². The van der Waals surface area contributed by atoms with E-state index in [4.69, 9.17) is 4.74 Å². The second-order valence-corrected chi connectivity index (χ2v) is 5.79. The molecule has 6 heteroatoms. The fraction of sp³-hybridized carbons (Fsp3) is 0.316. The number of aromatic nitrogens is 2. The van der Waals surface area contributed by atoms with Gasteiger partial charge in [0.1, 0.15) is 11.6 Å². The van der Waals surface area contributed by atoms with Crippen LogP contribution in [0.5, 0.6) is 5.75 Å². The highest BCUT2D eigenvalue weighted by Gasteiger charge is 2.28. The Morgan fingerprint density at radius 2 is 1.92 bits per heavy atom. The van der Waals surface area contributed by atoms with Gasteiger partial charge >= 0.3 is 0 Å². The van der Waals surface area contributed by atoms with Crippen LogP contribution >= 0.6 is 0 Å². The summed E-state index contributed by atoms with van der Waals surface area (Å²) in [7, 11) is 0. The molecule has 1 aromatic heterocycles. The molecular formula is C19H19N3O3. The number of ether oxygens (including phenoxy) is 1. The van der Waals surface area contributed by atoms with Gasteiger partial charge in [-0.05, 0) is 45.9 Å². The second kappa shape index (κ2) is 7.67. The number of hydrogen-bond acceptors (Lipinski definition) is 6. The minimum absolute atomic E-state index is 0.0914. The van der Waals surface area contributed by atoms with Gasteiger partial charge in [0, 0.05) is 11.3 Å². The third kappa shape index (κ3) is 4.48. The quantitative estimate of drug-likeness (QED) is 0.752. The summed E-state index contributed by atoms with van der Waals surface area (Å²) < 4.78 is 5.64. The zero-order valence-electron chi connectivity index (χ0n) is 14.6. The largest absolute Gasteiger partial charge is 0.483 e. The molecule has 1 aromatic carbocycles. The van der Waals surface area contributed by atoms with E-state index in [1.54, 1.807) is 51.1 Å². The van der Waals surface area contributed by atoms with Crippen molar-refractivity contribution in [2.75, 3.05) is 0 Å². The van der Waals surface area contributed by atoms with Crippen molar-refractivity contribution in [1.29, 1.82) is 5.26 Å². The number of carbonyl (C=O) groups excluding carboxylic acids is 2. The Morgan fingerprint density at radius 1 is 1.20 bits per heavy atom. The molecule has 0 N–H and O–H groups in total. The minimum atomic E-state index is -1.04. The highest BCUT2D eigenvalue weighted by atomic mass is 16.5. The molecule has 2 aromatic rings. The van der Waals surface area contributed by atoms with Gasteiger partial charge in [-0.2, -0.15) is 5.26 Å². The Balaban J connectivity index is 2.21. The minimum Gasteiger partial charge on any atom is -0.483 e. The summed E-state index contributed by atoms with van der Waals surface area (Å²) in [6.45, 7) is 6.53. The first-order chi connectivity index (χ1) is 11.8. The average molecular weight is 337 g/mol. The maximum Gasteiger partial charge on any atom is 0.196 e. The van der Waals surface area contributed by atoms with Crippen molar-refractivity contribution in [1.82, 2.24) is 9.97 Å². The number of carbonyl (C=O) groups is 2. The van der Waals surface area contributed by atoms with E-state index in [9.17, 15) is 14.9 Å². The molecule has 0 spiro atoms. The van der Waals surface area contributed by atoms with E-state index in [-0.39, 0.29) is 5.78 Å². The first-order valence-corrected chi connectivity index (χ1v) is 7.85. The van der Waals surface area contributed by atoms with E-state index in [2.05, 4.69) is 9.97 Å². The summed E-state index contributed by atoms with van der Waals surface area (Å²) in [4.78, 5) is 32.4. The number of nitriles is 1. The zero-order valence-corrected chi connectivity index (χ0v) is 14.6. The molecule has 128 valence electrons. The van der Waals surface area contributed by atoms with E-state index in [0.29, 0.717) is 28.5 Å². The lowest BCUT2D eigenvalue weighted by atomic mass is 9.97. The van der Waals surface area contributed by atoms with Crippen molar-refractivity contribution in [2.24, 2.45) is 0 Å². The number of Topliss-reactive ketones (excluding diaryl/α,β-unsaturated/α-hetero) is 2. The Morgan fingerprint density at radius 3 is 2.52 bits per heavy atom. The molecule has 2 rings (SSSR count). The lowest BCUT2D eigenvalue weighted by Gasteiger charge is -2.17. The Hall–Kier alpha value is -3.07. The van der Waals surface area contributed by atoms with E-state index in [0.717, 1.165) is 0 Å². The van der Waals surface area contributed by atoms with Crippen LogP contribution in [-0.2, 0) is 4.79 Å². The lowest BCUT2D eigenvalue weighted by Crippen LogP contribution is -2.29. The molecule has 0 unspecified atom stereocenters. The average Bonchev–Trinajstić information content (AvgIpc) is 2.54. The number of benzene rings is 1. The van der Waals surface area contributed by atoms with Gasteiger partial charge in [0.2, 0.25) is 0 Å². The van der Waals surface area contributed by atoms with Crippen molar-refractivity contribution < 1.29 is 14.3 Å². The van der Waals surface area contributed by atoms with Gasteiger partial charge in [-0.1, -0.05) is 12.1 Å². The predicted molar refractivity (Wildman–Crippen MR) is 91.4 cm³/mol. The van der Waals surface area contributed by atoms with Gasteiger partial charge in [-0.25, -0.2) is 9.97 Å². The number of hydrogen-bond donors (Lipinski definition) is 0. The van der Waals surface area contributed by atoms with Crippen LogP contribution in [0.2, 0.25) is 0 Å². The number of nitrogens with zero attached hydrogens (tertiary/aromatic N) is 3. The molecule has 0 saturated heterocycles. The summed E-state index contributed by atoms with van der Waals surface area (Å²) in [5.74, 6) is -0.614. The Labute approximate surface area is 146 Å². The molecule has 0 saturated carbocycles. The molecule has 1 heterocycles. The van der Waals surface area contributed by atoms with Crippen molar-refractivity contribution in [3.63, 3.8) is 0 Å². The molecule has 0 aliphatic heterocycles. The number of rotatable bonds is 6. The third-order valence-corrected chi connectivity index (χ3v) is 3.65. The second-order valence-electron chi connectivity index (χ2n) is 5.79. The van der Waals surface area contributed by atoms with Gasteiger partial charge in [-0.3, -0.25) is 9.59 Å². The first kappa shape index (κ1) is 18.3. The van der Waals surface area contributed by atoms with Gasteiger partial charge < -0.3 is 4.74 Å². The molecule has 0 amide bonds.